The molecule has 2 unspecified atom stereocenters. The lowest BCUT2D eigenvalue weighted by molar-refractivity contribution is -0.0255. The van der Waals surface area contributed by atoms with Gasteiger partial charge in [-0.15, -0.1) is 0 Å². The van der Waals surface area contributed by atoms with Gasteiger partial charge in [-0.2, -0.15) is 0 Å². The number of nitrogens with two attached hydrogens (primary N) is 1. The first kappa shape index (κ1) is 13.9. The number of nitrogens with zero attached hydrogens (tertiary/aromatic N) is 1. The molecule has 2 atom stereocenters. The molecule has 0 aromatic carbocycles. The third-order valence-corrected chi connectivity index (χ3v) is 4.08. The van der Waals surface area contributed by atoms with E-state index in [1.807, 2.05) is 0 Å². The molecule has 3 heteroatoms. The highest BCUT2D eigenvalue weighted by molar-refractivity contribution is 4.88. The summed E-state index contributed by atoms with van der Waals surface area (Å²) in [6, 6.07) is 0.664. The van der Waals surface area contributed by atoms with Crippen molar-refractivity contribution in [2.24, 2.45) is 5.73 Å². The normalized spacial score (nSPS) is 25.7. The minimum absolute atomic E-state index is 0.207. The molecule has 0 aliphatic carbocycles. The van der Waals surface area contributed by atoms with Crippen molar-refractivity contribution in [3.05, 3.63) is 0 Å². The molecule has 1 aliphatic heterocycles. The van der Waals surface area contributed by atoms with Gasteiger partial charge < -0.3 is 10.8 Å². The van der Waals surface area contributed by atoms with E-state index in [0.29, 0.717) is 6.04 Å². The highest BCUT2D eigenvalue weighted by Gasteiger charge is 2.32. The van der Waals surface area contributed by atoms with Crippen LogP contribution >= 0.6 is 0 Å². The predicted octanol–water partition coefficient (Wildman–Crippen LogP) is 1.74. The van der Waals surface area contributed by atoms with Crippen LogP contribution in [0, 0.1) is 0 Å². The minimum atomic E-state index is -0.523. The van der Waals surface area contributed by atoms with E-state index in [0.717, 1.165) is 25.9 Å². The number of aliphatic hydroxyl groups is 1. The van der Waals surface area contributed by atoms with Gasteiger partial charge in [0.25, 0.3) is 0 Å². The molecule has 3 nitrogen and oxygen atoms in total. The summed E-state index contributed by atoms with van der Waals surface area (Å²) >= 11 is 0. The molecule has 1 heterocycles. The fraction of sp³-hybridized carbons (Fsp3) is 1.00. The van der Waals surface area contributed by atoms with Gasteiger partial charge in [-0.1, -0.05) is 20.3 Å². The summed E-state index contributed by atoms with van der Waals surface area (Å²) in [5, 5.41) is 10.4. The Bertz CT molecular complexity index is 202. The van der Waals surface area contributed by atoms with E-state index < -0.39 is 5.60 Å². The maximum Gasteiger partial charge on any atom is 0.0769 e. The maximum atomic E-state index is 10.4. The monoisotopic (exact) mass is 228 g/mol. The van der Waals surface area contributed by atoms with Crippen molar-refractivity contribution in [3.8, 4) is 0 Å². The molecule has 0 radical (unpaired) electrons. The number of likely N-dealkylation sites (tertiary alicyclic amines) is 1. The fourth-order valence-electron chi connectivity index (χ4n) is 2.66. The first-order valence-electron chi connectivity index (χ1n) is 6.74. The van der Waals surface area contributed by atoms with Crippen molar-refractivity contribution >= 4 is 0 Å². The predicted molar refractivity (Wildman–Crippen MR) is 68.4 cm³/mol. The van der Waals surface area contributed by atoms with E-state index in [-0.39, 0.29) is 6.04 Å². The van der Waals surface area contributed by atoms with E-state index in [1.165, 1.54) is 19.3 Å². The molecule has 1 aliphatic rings. The van der Waals surface area contributed by atoms with Crippen molar-refractivity contribution in [1.82, 2.24) is 4.90 Å². The summed E-state index contributed by atoms with van der Waals surface area (Å²) in [7, 11) is 0. The molecule has 0 saturated carbocycles. The van der Waals surface area contributed by atoms with Gasteiger partial charge in [-0.3, -0.25) is 4.90 Å². The van der Waals surface area contributed by atoms with Gasteiger partial charge in [0.05, 0.1) is 5.60 Å². The molecular formula is C13H28N2O. The van der Waals surface area contributed by atoms with Crippen LogP contribution in [-0.4, -0.2) is 40.8 Å². The van der Waals surface area contributed by atoms with E-state index in [1.54, 1.807) is 0 Å². The third-order valence-electron chi connectivity index (χ3n) is 4.08. The third kappa shape index (κ3) is 3.44. The van der Waals surface area contributed by atoms with Crippen molar-refractivity contribution in [1.29, 1.82) is 0 Å². The van der Waals surface area contributed by atoms with E-state index in [2.05, 4.69) is 25.7 Å². The molecule has 0 aromatic rings. The minimum Gasteiger partial charge on any atom is -0.389 e. The van der Waals surface area contributed by atoms with Crippen molar-refractivity contribution in [2.75, 3.05) is 13.1 Å². The molecule has 16 heavy (non-hydrogen) atoms. The number of rotatable bonds is 5. The molecule has 1 rings (SSSR count). The van der Waals surface area contributed by atoms with E-state index in [4.69, 9.17) is 5.73 Å². The van der Waals surface area contributed by atoms with Crippen LogP contribution in [0.3, 0.4) is 0 Å². The van der Waals surface area contributed by atoms with Gasteiger partial charge in [-0.25, -0.2) is 0 Å². The summed E-state index contributed by atoms with van der Waals surface area (Å²) < 4.78 is 0. The number of piperidine rings is 1. The maximum absolute atomic E-state index is 10.4. The molecule has 3 N–H and O–H groups in total. The Hall–Kier alpha value is -0.120. The van der Waals surface area contributed by atoms with Crippen LogP contribution < -0.4 is 5.73 Å². The summed E-state index contributed by atoms with van der Waals surface area (Å²) in [5.41, 5.74) is 5.51. The lowest BCUT2D eigenvalue weighted by Crippen LogP contribution is -2.54. The van der Waals surface area contributed by atoms with Crippen molar-refractivity contribution in [3.63, 3.8) is 0 Å². The topological polar surface area (TPSA) is 49.5 Å². The molecule has 0 aromatic heterocycles. The molecule has 1 fully saturated rings. The summed E-state index contributed by atoms with van der Waals surface area (Å²) in [6.07, 6.45) is 5.35. The van der Waals surface area contributed by atoms with Crippen LogP contribution in [0.4, 0.5) is 0 Å². The molecule has 0 bridgehead atoms. The smallest absolute Gasteiger partial charge is 0.0769 e. The quantitative estimate of drug-likeness (QED) is 0.753. The van der Waals surface area contributed by atoms with E-state index >= 15 is 0 Å². The SMILES string of the molecule is CCC(O)(CC)CN1CCCCC1C(C)N. The lowest BCUT2D eigenvalue weighted by atomic mass is 9.91. The van der Waals surface area contributed by atoms with Crippen LogP contribution in [0.5, 0.6) is 0 Å². The average Bonchev–Trinajstić information content (AvgIpc) is 2.29. The second-order valence-corrected chi connectivity index (χ2v) is 5.32. The van der Waals surface area contributed by atoms with Gasteiger partial charge >= 0.3 is 0 Å². The van der Waals surface area contributed by atoms with Gasteiger partial charge in [0.15, 0.2) is 0 Å². The van der Waals surface area contributed by atoms with Gasteiger partial charge in [0, 0.05) is 18.6 Å². The first-order valence-corrected chi connectivity index (χ1v) is 6.74. The zero-order valence-electron chi connectivity index (χ0n) is 11.1. The summed E-state index contributed by atoms with van der Waals surface area (Å²) in [5.74, 6) is 0. The van der Waals surface area contributed by atoms with E-state index in [9.17, 15) is 5.11 Å². The Labute approximate surface area is 100 Å². The number of hydrogen-bond donors (Lipinski definition) is 2. The molecular weight excluding hydrogens is 200 g/mol. The number of β-amino-alcohol motifs (C(OH)–C–C–N with tert-alkyl or cyclic N) is 1. The average molecular weight is 228 g/mol. The lowest BCUT2D eigenvalue weighted by Gasteiger charge is -2.42. The van der Waals surface area contributed by atoms with Crippen molar-refractivity contribution < 1.29 is 5.11 Å². The van der Waals surface area contributed by atoms with Crippen molar-refractivity contribution in [2.45, 2.75) is 70.6 Å². The zero-order valence-corrected chi connectivity index (χ0v) is 11.1. The van der Waals surface area contributed by atoms with Gasteiger partial charge in [-0.05, 0) is 39.2 Å². The number of hydrogen-bond acceptors (Lipinski definition) is 3. The second kappa shape index (κ2) is 5.99. The van der Waals surface area contributed by atoms with Crippen LogP contribution in [0.1, 0.15) is 52.9 Å². The largest absolute Gasteiger partial charge is 0.389 e. The summed E-state index contributed by atoms with van der Waals surface area (Å²) in [4.78, 5) is 2.40. The van der Waals surface area contributed by atoms with Crippen LogP contribution in [-0.2, 0) is 0 Å². The Morgan fingerprint density at radius 1 is 1.38 bits per heavy atom. The highest BCUT2D eigenvalue weighted by Crippen LogP contribution is 2.24. The highest BCUT2D eigenvalue weighted by atomic mass is 16.3. The van der Waals surface area contributed by atoms with Gasteiger partial charge in [0.2, 0.25) is 0 Å². The Morgan fingerprint density at radius 2 is 2.00 bits per heavy atom. The Morgan fingerprint density at radius 3 is 2.50 bits per heavy atom. The second-order valence-electron chi connectivity index (χ2n) is 5.32. The Balaban J connectivity index is 2.61. The zero-order chi connectivity index (χ0) is 12.2. The Kier molecular flexibility index (Phi) is 5.22. The molecule has 1 saturated heterocycles. The van der Waals surface area contributed by atoms with Gasteiger partial charge in [0.1, 0.15) is 0 Å². The van der Waals surface area contributed by atoms with Crippen LogP contribution in [0.15, 0.2) is 0 Å². The van der Waals surface area contributed by atoms with Crippen LogP contribution in [0.2, 0.25) is 0 Å². The first-order chi connectivity index (χ1) is 7.52. The standard InChI is InChI=1S/C13H28N2O/c1-4-13(16,5-2)10-15-9-7-6-8-12(15)11(3)14/h11-12,16H,4-10,14H2,1-3H3. The summed E-state index contributed by atoms with van der Waals surface area (Å²) in [6.45, 7) is 8.09. The fourth-order valence-corrected chi connectivity index (χ4v) is 2.66. The molecule has 0 amide bonds. The van der Waals surface area contributed by atoms with Crippen LogP contribution in [0.25, 0.3) is 0 Å². The molecule has 0 spiro atoms. The molecule has 96 valence electrons.